The van der Waals surface area contributed by atoms with Gasteiger partial charge < -0.3 is 9.32 Å². The van der Waals surface area contributed by atoms with Crippen LogP contribution < -0.4 is 4.90 Å². The van der Waals surface area contributed by atoms with E-state index in [1.807, 2.05) is 24.3 Å². The second kappa shape index (κ2) is 13.1. The second-order valence-corrected chi connectivity index (χ2v) is 14.2. The van der Waals surface area contributed by atoms with Crippen molar-refractivity contribution in [3.05, 3.63) is 200 Å². The summed E-state index contributed by atoms with van der Waals surface area (Å²) in [6.45, 7) is 0. The third-order valence-electron chi connectivity index (χ3n) is 10.8. The molecule has 0 atom stereocenters. The van der Waals surface area contributed by atoms with Crippen LogP contribution in [0.5, 0.6) is 0 Å². The largest absolute Gasteiger partial charge is 0.456 e. The quantitative estimate of drug-likeness (QED) is 0.161. The Morgan fingerprint density at radius 3 is 1.73 bits per heavy atom. The number of para-hydroxylation sites is 2. The van der Waals surface area contributed by atoms with Crippen molar-refractivity contribution in [2.24, 2.45) is 0 Å². The molecule has 0 saturated heterocycles. The molecule has 0 aliphatic heterocycles. The van der Waals surface area contributed by atoms with Gasteiger partial charge in [-0.05, 0) is 64.2 Å². The normalized spacial score (nSPS) is 11.6. The van der Waals surface area contributed by atoms with Gasteiger partial charge in [0.15, 0.2) is 0 Å². The Bertz CT molecular complexity index is 3250. The molecular weight excluding hydrogens is 683 g/mol. The Hall–Kier alpha value is -7.56. The number of hydrogen-bond acceptors (Lipinski definition) is 4. The number of fused-ring (bicyclic) bond motifs is 8. The van der Waals surface area contributed by atoms with E-state index in [0.717, 1.165) is 105 Å². The van der Waals surface area contributed by atoms with Crippen LogP contribution in [0.3, 0.4) is 0 Å². The maximum atomic E-state index is 6.43. The molecule has 0 saturated carbocycles. The van der Waals surface area contributed by atoms with Crippen molar-refractivity contribution in [3.8, 4) is 33.6 Å². The average Bonchev–Trinajstić information content (AvgIpc) is 3.65. The fraction of sp³-hybridized carbons (Fsp3) is 0. The molecule has 4 nitrogen and oxygen atoms in total. The van der Waals surface area contributed by atoms with Crippen LogP contribution in [-0.2, 0) is 0 Å². The fourth-order valence-corrected chi connectivity index (χ4v) is 8.20. The molecule has 2 heterocycles. The van der Waals surface area contributed by atoms with E-state index in [1.54, 1.807) is 0 Å². The number of benzene rings is 9. The lowest BCUT2D eigenvalue weighted by atomic mass is 9.97. The lowest BCUT2D eigenvalue weighted by molar-refractivity contribution is 0.669. The molecule has 56 heavy (non-hydrogen) atoms. The van der Waals surface area contributed by atoms with Crippen LogP contribution in [0, 0.1) is 0 Å². The Balaban J connectivity index is 1.14. The molecule has 0 fully saturated rings. The summed E-state index contributed by atoms with van der Waals surface area (Å²) in [6.07, 6.45) is 0. The Labute approximate surface area is 323 Å². The minimum absolute atomic E-state index is 0.854. The van der Waals surface area contributed by atoms with Crippen molar-refractivity contribution < 1.29 is 4.42 Å². The van der Waals surface area contributed by atoms with Gasteiger partial charge in [0.25, 0.3) is 0 Å². The number of hydrogen-bond donors (Lipinski definition) is 0. The Morgan fingerprint density at radius 1 is 0.393 bits per heavy atom. The zero-order valence-electron chi connectivity index (χ0n) is 30.3. The molecule has 0 aliphatic rings. The zero-order valence-corrected chi connectivity index (χ0v) is 30.3. The lowest BCUT2D eigenvalue weighted by Gasteiger charge is -2.28. The molecule has 2 aromatic heterocycles. The molecule has 262 valence electrons. The van der Waals surface area contributed by atoms with E-state index in [-0.39, 0.29) is 0 Å². The standard InChI is InChI=1S/C52H33N3O/c1-4-14-34(15-5-1)41-20-10-12-22-46(41)55(40-28-30-44-43-21-11-13-23-47(43)56-48(44)33-40)39-27-29-42-38(32-39)25-24-35-26-31-45-52(49(35)42)54-51(37-18-8-3-9-19-37)50(53-45)36-16-6-2-7-17-36/h1-33H. The van der Waals surface area contributed by atoms with Crippen LogP contribution in [0.15, 0.2) is 205 Å². The number of nitrogens with zero attached hydrogens (tertiary/aromatic N) is 3. The van der Waals surface area contributed by atoms with Crippen molar-refractivity contribution in [1.29, 1.82) is 0 Å². The van der Waals surface area contributed by atoms with Crippen LogP contribution in [0.25, 0.3) is 88.2 Å². The van der Waals surface area contributed by atoms with Crippen LogP contribution >= 0.6 is 0 Å². The minimum Gasteiger partial charge on any atom is -0.456 e. The van der Waals surface area contributed by atoms with Gasteiger partial charge >= 0.3 is 0 Å². The molecule has 0 aliphatic carbocycles. The summed E-state index contributed by atoms with van der Waals surface area (Å²) >= 11 is 0. The zero-order chi connectivity index (χ0) is 37.0. The topological polar surface area (TPSA) is 42.2 Å². The first kappa shape index (κ1) is 31.9. The highest BCUT2D eigenvalue weighted by atomic mass is 16.3. The summed E-state index contributed by atoms with van der Waals surface area (Å²) in [7, 11) is 0. The molecule has 4 heteroatoms. The number of anilines is 3. The van der Waals surface area contributed by atoms with E-state index in [4.69, 9.17) is 14.4 Å². The van der Waals surface area contributed by atoms with Gasteiger partial charge in [-0.25, -0.2) is 9.97 Å². The number of rotatable bonds is 6. The maximum absolute atomic E-state index is 6.43. The summed E-state index contributed by atoms with van der Waals surface area (Å²) in [5.74, 6) is 0. The first-order valence-electron chi connectivity index (χ1n) is 18.9. The van der Waals surface area contributed by atoms with E-state index in [2.05, 4.69) is 181 Å². The van der Waals surface area contributed by atoms with Gasteiger partial charge in [0.2, 0.25) is 0 Å². The van der Waals surface area contributed by atoms with E-state index in [9.17, 15) is 0 Å². The molecule has 0 unspecified atom stereocenters. The first-order chi connectivity index (χ1) is 27.8. The average molecular weight is 716 g/mol. The van der Waals surface area contributed by atoms with E-state index >= 15 is 0 Å². The second-order valence-electron chi connectivity index (χ2n) is 14.2. The van der Waals surface area contributed by atoms with Gasteiger partial charge in [0.05, 0.1) is 28.1 Å². The molecule has 0 bridgehead atoms. The highest BCUT2D eigenvalue weighted by Crippen LogP contribution is 2.44. The summed E-state index contributed by atoms with van der Waals surface area (Å²) in [5, 5.41) is 6.68. The summed E-state index contributed by atoms with van der Waals surface area (Å²) in [4.78, 5) is 13.1. The van der Waals surface area contributed by atoms with Crippen molar-refractivity contribution in [2.45, 2.75) is 0 Å². The molecular formula is C52H33N3O. The third-order valence-corrected chi connectivity index (χ3v) is 10.8. The molecule has 0 N–H and O–H groups in total. The summed E-state index contributed by atoms with van der Waals surface area (Å²) < 4.78 is 6.43. The van der Waals surface area contributed by atoms with Crippen LogP contribution in [0.4, 0.5) is 17.1 Å². The predicted molar refractivity (Wildman–Crippen MR) is 233 cm³/mol. The minimum atomic E-state index is 0.854. The van der Waals surface area contributed by atoms with E-state index in [1.165, 1.54) is 0 Å². The highest BCUT2D eigenvalue weighted by molar-refractivity contribution is 6.19. The van der Waals surface area contributed by atoms with Crippen molar-refractivity contribution in [1.82, 2.24) is 9.97 Å². The van der Waals surface area contributed by atoms with Crippen LogP contribution in [0.1, 0.15) is 0 Å². The molecule has 0 radical (unpaired) electrons. The Kier molecular flexibility index (Phi) is 7.46. The van der Waals surface area contributed by atoms with Crippen molar-refractivity contribution in [2.75, 3.05) is 4.90 Å². The highest BCUT2D eigenvalue weighted by Gasteiger charge is 2.21. The van der Waals surface area contributed by atoms with Crippen molar-refractivity contribution in [3.63, 3.8) is 0 Å². The van der Waals surface area contributed by atoms with Gasteiger partial charge in [-0.15, -0.1) is 0 Å². The fourth-order valence-electron chi connectivity index (χ4n) is 8.20. The predicted octanol–water partition coefficient (Wildman–Crippen LogP) is 14.3. The van der Waals surface area contributed by atoms with Gasteiger partial charge in [-0.2, -0.15) is 0 Å². The molecule has 0 spiro atoms. The molecule has 11 rings (SSSR count). The maximum Gasteiger partial charge on any atom is 0.137 e. The number of furan rings is 1. The van der Waals surface area contributed by atoms with E-state index < -0.39 is 0 Å². The van der Waals surface area contributed by atoms with Crippen LogP contribution in [0.2, 0.25) is 0 Å². The van der Waals surface area contributed by atoms with Crippen LogP contribution in [-0.4, -0.2) is 9.97 Å². The monoisotopic (exact) mass is 715 g/mol. The lowest BCUT2D eigenvalue weighted by Crippen LogP contribution is -2.11. The van der Waals surface area contributed by atoms with Gasteiger partial charge in [-0.3, -0.25) is 0 Å². The van der Waals surface area contributed by atoms with Crippen molar-refractivity contribution >= 4 is 71.6 Å². The SMILES string of the molecule is c1ccc(-c2ccccc2N(c2ccc3c(ccc4ccc5nc(-c6ccccc6)c(-c6ccccc6)nc5c43)c2)c2ccc3c(c2)oc2ccccc23)cc1. The first-order valence-corrected chi connectivity index (χ1v) is 18.9. The third kappa shape index (κ3) is 5.31. The molecule has 9 aromatic carbocycles. The van der Waals surface area contributed by atoms with E-state index in [0.29, 0.717) is 0 Å². The van der Waals surface area contributed by atoms with Gasteiger partial charge in [0, 0.05) is 50.3 Å². The smallest absolute Gasteiger partial charge is 0.137 e. The Morgan fingerprint density at radius 2 is 0.964 bits per heavy atom. The molecule has 11 aromatic rings. The molecule has 0 amide bonds. The summed E-state index contributed by atoms with van der Waals surface area (Å²) in [5.41, 5.74) is 12.7. The number of aromatic nitrogens is 2. The van der Waals surface area contributed by atoms with Gasteiger partial charge in [0.1, 0.15) is 11.2 Å². The van der Waals surface area contributed by atoms with Gasteiger partial charge in [-0.1, -0.05) is 152 Å². The summed E-state index contributed by atoms with van der Waals surface area (Å²) in [6, 6.07) is 70.2.